The molecule has 3 aliphatic rings. The van der Waals surface area contributed by atoms with Gasteiger partial charge in [0.25, 0.3) is 5.91 Å². The Morgan fingerprint density at radius 1 is 1.10 bits per heavy atom. The molecule has 0 radical (unpaired) electrons. The standard InChI is InChI=1S/C22H24N2O5/c1-3-13-4-8-16(9-5-13)23-17(25)11-29-22(28)12(2)24-20(26)18-14-6-7-15(10-14)19(18)21(24)27/h4-9,12,14-15,18-19H,3,10-11H2,1-2H3,(H,23,25)/t12-,14-,15-,18-,19+/m0/s1. The highest BCUT2D eigenvalue weighted by molar-refractivity contribution is 6.09. The predicted octanol–water partition coefficient (Wildman–Crippen LogP) is 1.93. The minimum Gasteiger partial charge on any atom is -0.454 e. The fourth-order valence-corrected chi connectivity index (χ4v) is 4.69. The van der Waals surface area contributed by atoms with Crippen LogP contribution >= 0.6 is 0 Å². The second-order valence-corrected chi connectivity index (χ2v) is 7.93. The average Bonchev–Trinajstić information content (AvgIpc) is 3.40. The number of rotatable bonds is 6. The van der Waals surface area contributed by atoms with Gasteiger partial charge in [0.1, 0.15) is 6.04 Å². The van der Waals surface area contributed by atoms with E-state index in [-0.39, 0.29) is 35.5 Å². The van der Waals surface area contributed by atoms with Crippen LogP contribution < -0.4 is 5.32 Å². The zero-order valence-electron chi connectivity index (χ0n) is 16.5. The summed E-state index contributed by atoms with van der Waals surface area (Å²) in [6.45, 7) is 3.03. The average molecular weight is 396 g/mol. The Hall–Kier alpha value is -2.96. The van der Waals surface area contributed by atoms with E-state index < -0.39 is 24.5 Å². The first kappa shape index (κ1) is 19.4. The highest BCUT2D eigenvalue weighted by Gasteiger charge is 2.60. The molecule has 1 saturated heterocycles. The van der Waals surface area contributed by atoms with Crippen LogP contribution in [-0.4, -0.2) is 41.2 Å². The van der Waals surface area contributed by atoms with Gasteiger partial charge in [-0.1, -0.05) is 31.2 Å². The van der Waals surface area contributed by atoms with Gasteiger partial charge in [-0.05, 0) is 49.3 Å². The number of carbonyl (C=O) groups is 4. The summed E-state index contributed by atoms with van der Waals surface area (Å²) in [5.74, 6) is -2.40. The van der Waals surface area contributed by atoms with Gasteiger partial charge < -0.3 is 10.1 Å². The van der Waals surface area contributed by atoms with E-state index in [2.05, 4.69) is 5.32 Å². The number of likely N-dealkylation sites (tertiary alicyclic amines) is 1. The van der Waals surface area contributed by atoms with Gasteiger partial charge in [0.15, 0.2) is 6.61 Å². The van der Waals surface area contributed by atoms with Gasteiger partial charge in [0.05, 0.1) is 11.8 Å². The summed E-state index contributed by atoms with van der Waals surface area (Å²) in [6, 6.07) is 6.34. The second kappa shape index (κ2) is 7.46. The number of amides is 3. The van der Waals surface area contributed by atoms with Crippen molar-refractivity contribution in [1.29, 1.82) is 0 Å². The topological polar surface area (TPSA) is 92.8 Å². The summed E-state index contributed by atoms with van der Waals surface area (Å²) >= 11 is 0. The van der Waals surface area contributed by atoms with Crippen molar-refractivity contribution in [3.05, 3.63) is 42.0 Å². The van der Waals surface area contributed by atoms with E-state index in [9.17, 15) is 19.2 Å². The lowest BCUT2D eigenvalue weighted by Gasteiger charge is -2.23. The van der Waals surface area contributed by atoms with Crippen molar-refractivity contribution in [3.63, 3.8) is 0 Å². The maximum Gasteiger partial charge on any atom is 0.329 e. The zero-order valence-corrected chi connectivity index (χ0v) is 16.5. The van der Waals surface area contributed by atoms with Crippen molar-refractivity contribution < 1.29 is 23.9 Å². The third-order valence-electron chi connectivity index (χ3n) is 6.22. The van der Waals surface area contributed by atoms with Crippen LogP contribution in [0.5, 0.6) is 0 Å². The number of nitrogens with one attached hydrogen (secondary N) is 1. The molecule has 0 unspecified atom stereocenters. The van der Waals surface area contributed by atoms with Crippen molar-refractivity contribution in [2.24, 2.45) is 23.7 Å². The lowest BCUT2D eigenvalue weighted by Crippen LogP contribution is -2.45. The SMILES string of the molecule is CCc1ccc(NC(=O)COC(=O)[C@H](C)N2C(=O)[C@@H]3[C@H](C2=O)[C@H]2C=C[C@H]3C2)cc1. The molecule has 1 saturated carbocycles. The van der Waals surface area contributed by atoms with Crippen molar-refractivity contribution in [3.8, 4) is 0 Å². The Kier molecular flexibility index (Phi) is 4.98. The van der Waals surface area contributed by atoms with Crippen LogP contribution in [0.2, 0.25) is 0 Å². The molecule has 0 aromatic heterocycles. The van der Waals surface area contributed by atoms with E-state index in [4.69, 9.17) is 4.74 Å². The van der Waals surface area contributed by atoms with Gasteiger partial charge in [0, 0.05) is 5.69 Å². The Labute approximate surface area is 169 Å². The molecule has 1 aromatic carbocycles. The van der Waals surface area contributed by atoms with E-state index in [1.165, 1.54) is 6.92 Å². The molecule has 5 atom stereocenters. The first-order valence-corrected chi connectivity index (χ1v) is 10.0. The third-order valence-corrected chi connectivity index (χ3v) is 6.22. The Balaban J connectivity index is 1.32. The molecule has 1 N–H and O–H groups in total. The summed E-state index contributed by atoms with van der Waals surface area (Å²) < 4.78 is 5.07. The van der Waals surface area contributed by atoms with E-state index in [0.717, 1.165) is 23.3 Å². The molecule has 1 aliphatic heterocycles. The van der Waals surface area contributed by atoms with E-state index in [0.29, 0.717) is 5.69 Å². The number of ether oxygens (including phenoxy) is 1. The minimum atomic E-state index is -1.04. The van der Waals surface area contributed by atoms with Crippen LogP contribution in [0.4, 0.5) is 5.69 Å². The number of allylic oxidation sites excluding steroid dienone is 2. The van der Waals surface area contributed by atoms with Crippen molar-refractivity contribution >= 4 is 29.4 Å². The summed E-state index contributed by atoms with van der Waals surface area (Å²) in [4.78, 5) is 51.0. The largest absolute Gasteiger partial charge is 0.454 e. The molecule has 1 aromatic rings. The number of benzene rings is 1. The van der Waals surface area contributed by atoms with Gasteiger partial charge in [-0.3, -0.25) is 19.3 Å². The summed E-state index contributed by atoms with van der Waals surface area (Å²) in [5.41, 5.74) is 1.76. The highest BCUT2D eigenvalue weighted by Crippen LogP contribution is 2.52. The Bertz CT molecular complexity index is 861. The number of imide groups is 1. The highest BCUT2D eigenvalue weighted by atomic mass is 16.5. The number of nitrogens with zero attached hydrogens (tertiary/aromatic N) is 1. The van der Waals surface area contributed by atoms with Gasteiger partial charge in [-0.2, -0.15) is 0 Å². The van der Waals surface area contributed by atoms with Crippen LogP contribution in [0.25, 0.3) is 0 Å². The van der Waals surface area contributed by atoms with Crippen LogP contribution in [0.1, 0.15) is 25.8 Å². The van der Waals surface area contributed by atoms with E-state index in [1.54, 1.807) is 12.1 Å². The number of hydrogen-bond acceptors (Lipinski definition) is 5. The number of fused-ring (bicyclic) bond motifs is 5. The maximum atomic E-state index is 12.7. The number of hydrogen-bond donors (Lipinski definition) is 1. The van der Waals surface area contributed by atoms with Crippen molar-refractivity contribution in [2.45, 2.75) is 32.7 Å². The fraction of sp³-hybridized carbons (Fsp3) is 0.455. The van der Waals surface area contributed by atoms with Crippen molar-refractivity contribution in [2.75, 3.05) is 11.9 Å². The van der Waals surface area contributed by atoms with E-state index >= 15 is 0 Å². The molecule has 0 spiro atoms. The van der Waals surface area contributed by atoms with E-state index in [1.807, 2.05) is 31.2 Å². The first-order chi connectivity index (χ1) is 13.9. The van der Waals surface area contributed by atoms with Gasteiger partial charge in [-0.25, -0.2) is 4.79 Å². The molecule has 29 heavy (non-hydrogen) atoms. The monoisotopic (exact) mass is 396 g/mol. The van der Waals surface area contributed by atoms with Crippen molar-refractivity contribution in [1.82, 2.24) is 4.90 Å². The summed E-state index contributed by atoms with van der Waals surface area (Å²) in [5, 5.41) is 2.65. The lowest BCUT2D eigenvalue weighted by atomic mass is 9.85. The number of aryl methyl sites for hydroxylation is 1. The van der Waals surface area contributed by atoms with Gasteiger partial charge in [0.2, 0.25) is 11.8 Å². The Morgan fingerprint density at radius 2 is 1.69 bits per heavy atom. The zero-order chi connectivity index (χ0) is 20.7. The molecule has 3 amide bonds. The van der Waals surface area contributed by atoms with Crippen LogP contribution in [0.15, 0.2) is 36.4 Å². The molecular weight excluding hydrogens is 372 g/mol. The third kappa shape index (κ3) is 3.34. The van der Waals surface area contributed by atoms with Crippen LogP contribution in [-0.2, 0) is 30.3 Å². The molecule has 152 valence electrons. The number of carbonyl (C=O) groups excluding carboxylic acids is 4. The lowest BCUT2D eigenvalue weighted by molar-refractivity contribution is -0.159. The first-order valence-electron chi connectivity index (χ1n) is 10.0. The second-order valence-electron chi connectivity index (χ2n) is 7.93. The smallest absolute Gasteiger partial charge is 0.329 e. The maximum absolute atomic E-state index is 12.7. The number of esters is 1. The van der Waals surface area contributed by atoms with Crippen LogP contribution in [0.3, 0.4) is 0 Å². The fourth-order valence-electron chi connectivity index (χ4n) is 4.69. The molecule has 4 rings (SSSR count). The molecule has 2 bridgehead atoms. The summed E-state index contributed by atoms with van der Waals surface area (Å²) in [6.07, 6.45) is 5.73. The molecular formula is C22H24N2O5. The quantitative estimate of drug-likeness (QED) is 0.451. The normalized spacial score (nSPS) is 27.9. The minimum absolute atomic E-state index is 0.0829. The molecule has 7 nitrogen and oxygen atoms in total. The summed E-state index contributed by atoms with van der Waals surface area (Å²) in [7, 11) is 0. The van der Waals surface area contributed by atoms with Crippen LogP contribution in [0, 0.1) is 23.7 Å². The van der Waals surface area contributed by atoms with Gasteiger partial charge >= 0.3 is 5.97 Å². The molecule has 7 heteroatoms. The Morgan fingerprint density at radius 3 is 2.24 bits per heavy atom. The number of anilines is 1. The molecule has 1 heterocycles. The molecule has 2 fully saturated rings. The predicted molar refractivity (Wildman–Crippen MR) is 104 cm³/mol. The van der Waals surface area contributed by atoms with Gasteiger partial charge in [-0.15, -0.1) is 0 Å². The molecule has 2 aliphatic carbocycles.